The number of nitrogens with two attached hydrogens (primary N) is 1. The van der Waals surface area contributed by atoms with Crippen LogP contribution in [0.1, 0.15) is 37.3 Å². The van der Waals surface area contributed by atoms with Crippen molar-refractivity contribution in [2.24, 2.45) is 5.73 Å². The maximum atomic E-state index is 6.19. The van der Waals surface area contributed by atoms with Crippen LogP contribution in [0.15, 0.2) is 30.3 Å². The van der Waals surface area contributed by atoms with Crippen molar-refractivity contribution in [3.63, 3.8) is 0 Å². The summed E-state index contributed by atoms with van der Waals surface area (Å²) in [5, 5.41) is 0. The van der Waals surface area contributed by atoms with E-state index in [-0.39, 0.29) is 15.6 Å². The highest BCUT2D eigenvalue weighted by molar-refractivity contribution is 6.37. The van der Waals surface area contributed by atoms with Crippen LogP contribution in [0.2, 0.25) is 6.04 Å². The molecule has 1 aromatic carbocycles. The fourth-order valence-corrected chi connectivity index (χ4v) is 4.51. The minimum Gasteiger partial charge on any atom is -0.382 e. The lowest BCUT2D eigenvalue weighted by atomic mass is 10.1. The number of ether oxygens (including phenoxy) is 1. The maximum absolute atomic E-state index is 6.19. The highest BCUT2D eigenvalue weighted by Crippen LogP contribution is 2.18. The average molecular weight is 249 g/mol. The van der Waals surface area contributed by atoms with Gasteiger partial charge in [0, 0.05) is 18.4 Å². The zero-order valence-electron chi connectivity index (χ0n) is 10.5. The van der Waals surface area contributed by atoms with E-state index < -0.39 is 0 Å². The van der Waals surface area contributed by atoms with E-state index in [0.717, 1.165) is 13.0 Å². The van der Waals surface area contributed by atoms with Crippen molar-refractivity contribution in [2.75, 3.05) is 6.61 Å². The molecule has 1 aliphatic heterocycles. The third kappa shape index (κ3) is 4.26. The van der Waals surface area contributed by atoms with Gasteiger partial charge in [-0.25, -0.2) is 0 Å². The molecule has 1 fully saturated rings. The Balaban J connectivity index is 1.67. The van der Waals surface area contributed by atoms with E-state index in [1.807, 2.05) is 6.07 Å². The quantitative estimate of drug-likeness (QED) is 0.812. The van der Waals surface area contributed by atoms with Crippen molar-refractivity contribution in [3.05, 3.63) is 35.9 Å². The van der Waals surface area contributed by atoms with Gasteiger partial charge in [0.25, 0.3) is 0 Å². The first kappa shape index (κ1) is 12.8. The summed E-state index contributed by atoms with van der Waals surface area (Å²) >= 11 is 0. The molecule has 0 saturated carbocycles. The van der Waals surface area contributed by atoms with E-state index in [9.17, 15) is 0 Å². The van der Waals surface area contributed by atoms with Crippen LogP contribution < -0.4 is 5.73 Å². The van der Waals surface area contributed by atoms with Gasteiger partial charge in [-0.05, 0) is 31.2 Å². The molecule has 2 rings (SSSR count). The molecule has 1 heterocycles. The highest BCUT2D eigenvalue weighted by Gasteiger charge is 2.14. The van der Waals surface area contributed by atoms with Crippen molar-refractivity contribution in [3.8, 4) is 0 Å². The number of hydrogen-bond acceptors (Lipinski definition) is 2. The molecule has 2 unspecified atom stereocenters. The molecule has 0 amide bonds. The normalized spacial score (nSPS) is 23.0. The Labute approximate surface area is 106 Å². The predicted octanol–water partition coefficient (Wildman–Crippen LogP) is 2.19. The van der Waals surface area contributed by atoms with Gasteiger partial charge in [0.15, 0.2) is 0 Å². The van der Waals surface area contributed by atoms with E-state index in [2.05, 4.69) is 24.3 Å². The first-order valence-electron chi connectivity index (χ1n) is 6.78. The van der Waals surface area contributed by atoms with E-state index in [4.69, 9.17) is 10.5 Å². The van der Waals surface area contributed by atoms with Gasteiger partial charge in [-0.15, -0.1) is 0 Å². The van der Waals surface area contributed by atoms with Crippen LogP contribution in [-0.2, 0) is 4.74 Å². The summed E-state index contributed by atoms with van der Waals surface area (Å²) in [4.78, 5) is 0. The second-order valence-corrected chi connectivity index (χ2v) is 7.13. The summed E-state index contributed by atoms with van der Waals surface area (Å²) in [6, 6.07) is 12.0. The molecular weight excluding hydrogens is 226 g/mol. The number of benzene rings is 1. The summed E-state index contributed by atoms with van der Waals surface area (Å²) in [6.45, 7) is 0.988. The van der Waals surface area contributed by atoms with Gasteiger partial charge in [0.05, 0.1) is 9.52 Å². The third-order valence-electron chi connectivity index (χ3n) is 3.54. The zero-order valence-corrected chi connectivity index (χ0v) is 11.9. The largest absolute Gasteiger partial charge is 0.382 e. The molecule has 1 saturated heterocycles. The average Bonchev–Trinajstić information content (AvgIpc) is 2.41. The van der Waals surface area contributed by atoms with Gasteiger partial charge in [0.2, 0.25) is 0 Å². The van der Waals surface area contributed by atoms with Crippen molar-refractivity contribution >= 4 is 9.52 Å². The van der Waals surface area contributed by atoms with Crippen LogP contribution in [0.5, 0.6) is 0 Å². The minimum absolute atomic E-state index is 0.0844. The van der Waals surface area contributed by atoms with Gasteiger partial charge in [-0.2, -0.15) is 0 Å². The second-order valence-electron chi connectivity index (χ2n) is 4.94. The van der Waals surface area contributed by atoms with Crippen molar-refractivity contribution in [1.82, 2.24) is 0 Å². The predicted molar refractivity (Wildman–Crippen MR) is 74.9 cm³/mol. The lowest BCUT2D eigenvalue weighted by Gasteiger charge is -2.22. The van der Waals surface area contributed by atoms with E-state index in [1.54, 1.807) is 0 Å². The summed E-state index contributed by atoms with van der Waals surface area (Å²) in [7, 11) is -0.0844. The maximum Gasteiger partial charge on any atom is 0.0556 e. The zero-order chi connectivity index (χ0) is 11.9. The van der Waals surface area contributed by atoms with Crippen LogP contribution in [0.4, 0.5) is 0 Å². The Morgan fingerprint density at radius 1 is 1.29 bits per heavy atom. The lowest BCUT2D eigenvalue weighted by molar-refractivity contribution is 0.0649. The smallest absolute Gasteiger partial charge is 0.0556 e. The highest BCUT2D eigenvalue weighted by atomic mass is 28.2. The molecule has 2 N–H and O–H groups in total. The molecule has 2 nitrogen and oxygen atoms in total. The topological polar surface area (TPSA) is 35.2 Å². The molecule has 0 aliphatic carbocycles. The monoisotopic (exact) mass is 249 g/mol. The molecule has 1 aromatic rings. The Kier molecular flexibility index (Phi) is 5.23. The molecule has 1 aliphatic rings. The fourth-order valence-electron chi connectivity index (χ4n) is 2.47. The molecule has 0 radical (unpaired) electrons. The summed E-state index contributed by atoms with van der Waals surface area (Å²) in [6.07, 6.45) is 5.04. The molecule has 94 valence electrons. The van der Waals surface area contributed by atoms with Gasteiger partial charge in [-0.1, -0.05) is 36.4 Å². The number of rotatable bonds is 5. The molecule has 0 bridgehead atoms. The van der Waals surface area contributed by atoms with Gasteiger partial charge in [-0.3, -0.25) is 0 Å². The van der Waals surface area contributed by atoms with Crippen molar-refractivity contribution < 1.29 is 4.74 Å². The van der Waals surface area contributed by atoms with Crippen LogP contribution in [0, 0.1) is 0 Å². The summed E-state index contributed by atoms with van der Waals surface area (Å²) in [5.74, 6) is 0. The van der Waals surface area contributed by atoms with Crippen LogP contribution in [-0.4, -0.2) is 21.9 Å². The minimum atomic E-state index is -0.0844. The standard InChI is InChI=1S/C14H23NOSi/c15-13(12-6-2-1-3-7-12)9-11-17-14-8-4-5-10-16-14/h1-3,6-7,13-14H,4-5,8-11,15,17H2. The fraction of sp³-hybridized carbons (Fsp3) is 0.571. The van der Waals surface area contributed by atoms with E-state index in [1.165, 1.54) is 30.9 Å². The van der Waals surface area contributed by atoms with Crippen molar-refractivity contribution in [2.45, 2.75) is 43.5 Å². The van der Waals surface area contributed by atoms with Crippen molar-refractivity contribution in [1.29, 1.82) is 0 Å². The third-order valence-corrected chi connectivity index (χ3v) is 5.65. The first-order valence-corrected chi connectivity index (χ1v) is 8.60. The lowest BCUT2D eigenvalue weighted by Crippen LogP contribution is -2.26. The van der Waals surface area contributed by atoms with E-state index >= 15 is 0 Å². The molecule has 3 heteroatoms. The van der Waals surface area contributed by atoms with Gasteiger partial charge in [0.1, 0.15) is 0 Å². The van der Waals surface area contributed by atoms with Gasteiger partial charge >= 0.3 is 0 Å². The SMILES string of the molecule is NC(CC[SiH2]C1CCCCO1)c1ccccc1. The summed E-state index contributed by atoms with van der Waals surface area (Å²) < 4.78 is 5.79. The van der Waals surface area contributed by atoms with Gasteiger partial charge < -0.3 is 10.5 Å². The Hall–Kier alpha value is -0.643. The molecule has 0 spiro atoms. The van der Waals surface area contributed by atoms with E-state index in [0.29, 0.717) is 5.73 Å². The summed E-state index contributed by atoms with van der Waals surface area (Å²) in [5.41, 5.74) is 8.09. The molecule has 2 atom stereocenters. The molecule has 17 heavy (non-hydrogen) atoms. The van der Waals surface area contributed by atoms with Crippen LogP contribution >= 0.6 is 0 Å². The molecular formula is C14H23NOSi. The Bertz CT molecular complexity index is 311. The second kappa shape index (κ2) is 6.94. The van der Waals surface area contributed by atoms with Crippen LogP contribution in [0.3, 0.4) is 0 Å². The first-order chi connectivity index (χ1) is 8.36. The Morgan fingerprint density at radius 3 is 2.82 bits per heavy atom. The van der Waals surface area contributed by atoms with Crippen LogP contribution in [0.25, 0.3) is 0 Å². The Morgan fingerprint density at radius 2 is 2.12 bits per heavy atom. The molecule has 0 aromatic heterocycles. The number of hydrogen-bond donors (Lipinski definition) is 1.